The number of hydrogen-bond acceptors (Lipinski definition) is 9. The molecule has 4 aromatic rings. The smallest absolute Gasteiger partial charge is 0.229 e. The molecule has 1 fully saturated rings. The second kappa shape index (κ2) is 9.50. The molecular weight excluding hydrogens is 430 g/mol. The van der Waals surface area contributed by atoms with Crippen molar-refractivity contribution in [3.05, 3.63) is 54.0 Å². The first-order valence-corrected chi connectivity index (χ1v) is 11.6. The number of hydrogen-bond donors (Lipinski definition) is 3. The minimum atomic E-state index is 0.00536. The van der Waals surface area contributed by atoms with Crippen LogP contribution in [0.2, 0.25) is 0 Å². The first kappa shape index (κ1) is 21.9. The zero-order chi connectivity index (χ0) is 23.5. The van der Waals surface area contributed by atoms with Gasteiger partial charge in [-0.15, -0.1) is 0 Å². The fourth-order valence-electron chi connectivity index (χ4n) is 4.02. The second-order valence-corrected chi connectivity index (χ2v) is 8.96. The molecule has 0 radical (unpaired) electrons. The molecule has 34 heavy (non-hydrogen) atoms. The molecule has 1 aliphatic heterocycles. The summed E-state index contributed by atoms with van der Waals surface area (Å²) in [4.78, 5) is 16.2. The van der Waals surface area contributed by atoms with Crippen LogP contribution in [-0.2, 0) is 0 Å². The van der Waals surface area contributed by atoms with E-state index in [2.05, 4.69) is 49.7 Å². The van der Waals surface area contributed by atoms with E-state index in [0.717, 1.165) is 54.6 Å². The molecule has 176 valence electrons. The Morgan fingerprint density at radius 1 is 1.12 bits per heavy atom. The summed E-state index contributed by atoms with van der Waals surface area (Å²) in [5.41, 5.74) is 2.49. The zero-order valence-electron chi connectivity index (χ0n) is 19.6. The van der Waals surface area contributed by atoms with Crippen molar-refractivity contribution in [1.82, 2.24) is 30.3 Å². The first-order valence-electron chi connectivity index (χ1n) is 11.6. The second-order valence-electron chi connectivity index (χ2n) is 8.96. The number of aryl methyl sites for hydroxylation is 1. The largest absolute Gasteiger partial charge is 0.370 e. The van der Waals surface area contributed by atoms with Crippen LogP contribution in [0.5, 0.6) is 0 Å². The maximum atomic E-state index is 5.76. The van der Waals surface area contributed by atoms with E-state index in [1.165, 1.54) is 0 Å². The Labute approximate surface area is 198 Å². The van der Waals surface area contributed by atoms with E-state index in [-0.39, 0.29) is 6.04 Å². The lowest BCUT2D eigenvalue weighted by molar-refractivity contribution is 0.362. The zero-order valence-corrected chi connectivity index (χ0v) is 19.6. The summed E-state index contributed by atoms with van der Waals surface area (Å²) in [7, 11) is 0. The number of nitrogens with one attached hydrogen (secondary N) is 3. The lowest BCUT2D eigenvalue weighted by Crippen LogP contribution is -2.25. The summed E-state index contributed by atoms with van der Waals surface area (Å²) in [6.07, 6.45) is 3.70. The van der Waals surface area contributed by atoms with Crippen LogP contribution in [0.1, 0.15) is 44.2 Å². The lowest BCUT2D eigenvalue weighted by atomic mass is 10.1. The third kappa shape index (κ3) is 4.85. The van der Waals surface area contributed by atoms with E-state index in [9.17, 15) is 0 Å². The van der Waals surface area contributed by atoms with Crippen LogP contribution in [0.25, 0.3) is 11.4 Å². The van der Waals surface area contributed by atoms with Gasteiger partial charge in [-0.2, -0.15) is 15.1 Å². The Hall–Kier alpha value is -3.95. The molecule has 10 heteroatoms. The summed E-state index contributed by atoms with van der Waals surface area (Å²) in [5.74, 6) is 4.08. The molecule has 0 aliphatic carbocycles. The van der Waals surface area contributed by atoms with Crippen LogP contribution in [0.15, 0.2) is 47.1 Å². The minimum absolute atomic E-state index is 0.00536. The van der Waals surface area contributed by atoms with Gasteiger partial charge in [0.05, 0.1) is 11.7 Å². The van der Waals surface area contributed by atoms with Crippen LogP contribution in [-0.4, -0.2) is 43.4 Å². The number of anilines is 4. The number of nitrogens with zero attached hydrogens (tertiary/aromatic N) is 6. The number of rotatable bonds is 8. The van der Waals surface area contributed by atoms with Gasteiger partial charge in [0.15, 0.2) is 11.6 Å². The van der Waals surface area contributed by atoms with Gasteiger partial charge in [0, 0.05) is 43.2 Å². The SMILES string of the molecule is Cc1cc(Nc2cc(NCC(C)C)nc(N3CCC[C@H]3c3cc(-c4ccccn4)no3)n2)n[nH]1. The van der Waals surface area contributed by atoms with Crippen LogP contribution >= 0.6 is 0 Å². The fraction of sp³-hybridized carbons (Fsp3) is 0.375. The van der Waals surface area contributed by atoms with Crippen LogP contribution in [0, 0.1) is 12.8 Å². The van der Waals surface area contributed by atoms with Gasteiger partial charge >= 0.3 is 0 Å². The Kier molecular flexibility index (Phi) is 6.11. The van der Waals surface area contributed by atoms with Crippen molar-refractivity contribution in [2.24, 2.45) is 5.92 Å². The highest BCUT2D eigenvalue weighted by atomic mass is 16.5. The fourth-order valence-corrected chi connectivity index (χ4v) is 4.02. The predicted molar refractivity (Wildman–Crippen MR) is 131 cm³/mol. The van der Waals surface area contributed by atoms with Gasteiger partial charge in [-0.25, -0.2) is 0 Å². The molecule has 4 aromatic heterocycles. The number of aromatic nitrogens is 6. The molecular formula is C24H29N9O. The van der Waals surface area contributed by atoms with Crippen molar-refractivity contribution < 1.29 is 4.52 Å². The number of aromatic amines is 1. The van der Waals surface area contributed by atoms with E-state index in [4.69, 9.17) is 14.5 Å². The molecule has 0 bridgehead atoms. The van der Waals surface area contributed by atoms with E-state index >= 15 is 0 Å². The summed E-state index contributed by atoms with van der Waals surface area (Å²) in [6, 6.07) is 11.6. The van der Waals surface area contributed by atoms with E-state index in [1.807, 2.05) is 43.3 Å². The van der Waals surface area contributed by atoms with Gasteiger partial charge < -0.3 is 20.1 Å². The number of pyridine rings is 1. The molecule has 3 N–H and O–H groups in total. The van der Waals surface area contributed by atoms with Gasteiger partial charge in [0.1, 0.15) is 17.3 Å². The topological polar surface area (TPSA) is 121 Å². The van der Waals surface area contributed by atoms with E-state index < -0.39 is 0 Å². The summed E-state index contributed by atoms with van der Waals surface area (Å²) in [6.45, 7) is 7.95. The van der Waals surface area contributed by atoms with Gasteiger partial charge in [-0.3, -0.25) is 10.1 Å². The molecule has 5 rings (SSSR count). The first-order chi connectivity index (χ1) is 16.5. The maximum absolute atomic E-state index is 5.76. The van der Waals surface area contributed by atoms with Crippen LogP contribution in [0.4, 0.5) is 23.4 Å². The molecule has 0 aromatic carbocycles. The van der Waals surface area contributed by atoms with Crippen molar-refractivity contribution in [2.75, 3.05) is 28.6 Å². The number of H-pyrrole nitrogens is 1. The van der Waals surface area contributed by atoms with Crippen LogP contribution in [0.3, 0.4) is 0 Å². The molecule has 0 spiro atoms. The molecule has 0 amide bonds. The Bertz CT molecular complexity index is 1230. The van der Waals surface area contributed by atoms with Crippen molar-refractivity contribution in [3.8, 4) is 11.4 Å². The monoisotopic (exact) mass is 459 g/mol. The van der Waals surface area contributed by atoms with E-state index in [1.54, 1.807) is 6.20 Å². The normalized spacial score (nSPS) is 15.8. The summed E-state index contributed by atoms with van der Waals surface area (Å²) < 4.78 is 5.76. The van der Waals surface area contributed by atoms with Crippen LogP contribution < -0.4 is 15.5 Å². The Morgan fingerprint density at radius 2 is 2.00 bits per heavy atom. The molecule has 10 nitrogen and oxygen atoms in total. The van der Waals surface area contributed by atoms with Crippen molar-refractivity contribution in [2.45, 2.75) is 39.7 Å². The Balaban J connectivity index is 1.44. The molecule has 5 heterocycles. The van der Waals surface area contributed by atoms with Gasteiger partial charge in [0.2, 0.25) is 5.95 Å². The van der Waals surface area contributed by atoms with E-state index in [0.29, 0.717) is 23.5 Å². The molecule has 1 atom stereocenters. The molecule has 1 aliphatic rings. The summed E-state index contributed by atoms with van der Waals surface area (Å²) >= 11 is 0. The summed E-state index contributed by atoms with van der Waals surface area (Å²) in [5, 5.41) is 18.2. The quantitative estimate of drug-likeness (QED) is 0.344. The molecule has 0 saturated carbocycles. The van der Waals surface area contributed by atoms with Gasteiger partial charge in [-0.05, 0) is 37.8 Å². The maximum Gasteiger partial charge on any atom is 0.229 e. The standard InChI is InChI=1S/C24H29N9O/c1-15(2)14-26-21-13-22(27-23-11-16(3)30-31-23)29-24(28-21)33-10-6-8-19(33)20-12-18(32-34-20)17-7-4-5-9-25-17/h4-5,7,9,11-13,15,19H,6,8,10,14H2,1-3H3,(H3,26,27,28,29,30,31)/t19-/m0/s1. The Morgan fingerprint density at radius 3 is 2.76 bits per heavy atom. The average molecular weight is 460 g/mol. The predicted octanol–water partition coefficient (Wildman–Crippen LogP) is 4.71. The third-order valence-corrected chi connectivity index (χ3v) is 5.66. The van der Waals surface area contributed by atoms with Crippen molar-refractivity contribution >= 4 is 23.4 Å². The van der Waals surface area contributed by atoms with Crippen molar-refractivity contribution in [1.29, 1.82) is 0 Å². The minimum Gasteiger partial charge on any atom is -0.370 e. The van der Waals surface area contributed by atoms with Crippen molar-refractivity contribution in [3.63, 3.8) is 0 Å². The molecule has 0 unspecified atom stereocenters. The van der Waals surface area contributed by atoms with Gasteiger partial charge in [0.25, 0.3) is 0 Å². The highest BCUT2D eigenvalue weighted by Gasteiger charge is 2.32. The average Bonchev–Trinajstić information content (AvgIpc) is 3.59. The molecule has 1 saturated heterocycles. The highest BCUT2D eigenvalue weighted by Crippen LogP contribution is 2.37. The highest BCUT2D eigenvalue weighted by molar-refractivity contribution is 5.60. The lowest BCUT2D eigenvalue weighted by Gasteiger charge is -2.24. The third-order valence-electron chi connectivity index (χ3n) is 5.66. The van der Waals surface area contributed by atoms with Gasteiger partial charge in [-0.1, -0.05) is 25.1 Å².